The van der Waals surface area contributed by atoms with E-state index in [0.29, 0.717) is 24.9 Å². The van der Waals surface area contributed by atoms with Crippen LogP contribution in [0.15, 0.2) is 29.6 Å². The van der Waals surface area contributed by atoms with Crippen molar-refractivity contribution in [2.24, 2.45) is 11.7 Å². The van der Waals surface area contributed by atoms with Gasteiger partial charge in [-0.05, 0) is 48.2 Å². The molecule has 4 heteroatoms. The predicted octanol–water partition coefficient (Wildman–Crippen LogP) is 2.64. The number of thiophene rings is 1. The van der Waals surface area contributed by atoms with Crippen LogP contribution in [0.25, 0.3) is 10.1 Å². The van der Waals surface area contributed by atoms with E-state index in [1.54, 1.807) is 11.3 Å². The zero-order valence-corrected chi connectivity index (χ0v) is 12.5. The Morgan fingerprint density at radius 1 is 1.45 bits per heavy atom. The highest BCUT2D eigenvalue weighted by Gasteiger charge is 2.31. The molecule has 3 rings (SSSR count). The molecule has 0 spiro atoms. The Morgan fingerprint density at radius 2 is 2.25 bits per heavy atom. The second-order valence-corrected chi connectivity index (χ2v) is 6.58. The summed E-state index contributed by atoms with van der Waals surface area (Å²) in [5.74, 6) is 0.699. The third-order valence-corrected chi connectivity index (χ3v) is 5.23. The number of fused-ring (bicyclic) bond motifs is 1. The lowest BCUT2D eigenvalue weighted by atomic mass is 10.1. The van der Waals surface area contributed by atoms with E-state index in [0.717, 1.165) is 18.5 Å². The summed E-state index contributed by atoms with van der Waals surface area (Å²) in [6, 6.07) is 8.60. The molecule has 2 N–H and O–H groups in total. The van der Waals surface area contributed by atoms with Gasteiger partial charge in [0.25, 0.3) is 0 Å². The summed E-state index contributed by atoms with van der Waals surface area (Å²) >= 11 is 1.71. The SMILES string of the molecule is CC1CC(CN)CN1C(=O)Cc1csc2ccccc12. The molecule has 0 saturated carbocycles. The number of hydrogen-bond donors (Lipinski definition) is 1. The number of likely N-dealkylation sites (tertiary alicyclic amines) is 1. The zero-order chi connectivity index (χ0) is 14.1. The molecule has 2 aromatic rings. The van der Waals surface area contributed by atoms with Gasteiger partial charge in [0.05, 0.1) is 6.42 Å². The highest BCUT2D eigenvalue weighted by atomic mass is 32.1. The molecule has 1 fully saturated rings. The molecule has 0 bridgehead atoms. The van der Waals surface area contributed by atoms with Crippen molar-refractivity contribution in [2.45, 2.75) is 25.8 Å². The Hall–Kier alpha value is -1.39. The third kappa shape index (κ3) is 2.45. The fraction of sp³-hybridized carbons (Fsp3) is 0.438. The molecule has 1 aromatic carbocycles. The van der Waals surface area contributed by atoms with Crippen LogP contribution in [-0.2, 0) is 11.2 Å². The van der Waals surface area contributed by atoms with Crippen LogP contribution in [0.2, 0.25) is 0 Å². The topological polar surface area (TPSA) is 46.3 Å². The number of carbonyl (C=O) groups is 1. The van der Waals surface area contributed by atoms with Crippen molar-refractivity contribution in [2.75, 3.05) is 13.1 Å². The maximum atomic E-state index is 12.5. The lowest BCUT2D eigenvalue weighted by Gasteiger charge is -2.21. The van der Waals surface area contributed by atoms with Gasteiger partial charge in [0.2, 0.25) is 5.91 Å². The monoisotopic (exact) mass is 288 g/mol. The molecule has 0 radical (unpaired) electrons. The molecule has 1 saturated heterocycles. The average Bonchev–Trinajstić information content (AvgIpc) is 3.03. The van der Waals surface area contributed by atoms with E-state index in [2.05, 4.69) is 24.4 Å². The standard InChI is InChI=1S/C16H20N2OS/c1-11-6-12(8-17)9-18(11)16(19)7-13-10-20-15-5-3-2-4-14(13)15/h2-5,10-12H,6-9,17H2,1H3. The van der Waals surface area contributed by atoms with E-state index < -0.39 is 0 Å². The first kappa shape index (κ1) is 13.6. The molecule has 1 amide bonds. The second kappa shape index (κ2) is 5.54. The molecule has 1 aromatic heterocycles. The fourth-order valence-electron chi connectivity index (χ4n) is 3.09. The molecule has 2 heterocycles. The van der Waals surface area contributed by atoms with E-state index in [9.17, 15) is 4.79 Å². The fourth-order valence-corrected chi connectivity index (χ4v) is 4.06. The van der Waals surface area contributed by atoms with Crippen LogP contribution < -0.4 is 5.73 Å². The van der Waals surface area contributed by atoms with Crippen molar-refractivity contribution in [1.29, 1.82) is 0 Å². The van der Waals surface area contributed by atoms with Crippen molar-refractivity contribution < 1.29 is 4.79 Å². The number of carbonyl (C=O) groups excluding carboxylic acids is 1. The summed E-state index contributed by atoms with van der Waals surface area (Å²) in [6.07, 6.45) is 1.54. The first-order valence-corrected chi connectivity index (χ1v) is 8.01. The van der Waals surface area contributed by atoms with Gasteiger partial charge in [0, 0.05) is 17.3 Å². The minimum Gasteiger partial charge on any atom is -0.339 e. The van der Waals surface area contributed by atoms with Crippen molar-refractivity contribution in [1.82, 2.24) is 4.90 Å². The van der Waals surface area contributed by atoms with Gasteiger partial charge in [-0.1, -0.05) is 18.2 Å². The van der Waals surface area contributed by atoms with Gasteiger partial charge in [0.1, 0.15) is 0 Å². The van der Waals surface area contributed by atoms with Crippen molar-refractivity contribution in [3.05, 3.63) is 35.2 Å². The van der Waals surface area contributed by atoms with Gasteiger partial charge in [-0.25, -0.2) is 0 Å². The Balaban J connectivity index is 1.76. The van der Waals surface area contributed by atoms with Gasteiger partial charge in [-0.2, -0.15) is 0 Å². The molecule has 0 aliphatic carbocycles. The maximum absolute atomic E-state index is 12.5. The first-order chi connectivity index (χ1) is 9.69. The molecule has 1 aliphatic heterocycles. The van der Waals surface area contributed by atoms with Crippen LogP contribution >= 0.6 is 11.3 Å². The predicted molar refractivity (Wildman–Crippen MR) is 83.9 cm³/mol. The van der Waals surface area contributed by atoms with Crippen LogP contribution in [-0.4, -0.2) is 29.9 Å². The van der Waals surface area contributed by atoms with Crippen LogP contribution in [0, 0.1) is 5.92 Å². The van der Waals surface area contributed by atoms with Crippen LogP contribution in [0.4, 0.5) is 0 Å². The Kier molecular flexibility index (Phi) is 3.76. The van der Waals surface area contributed by atoms with Crippen molar-refractivity contribution >= 4 is 27.3 Å². The lowest BCUT2D eigenvalue weighted by Crippen LogP contribution is -2.35. The summed E-state index contributed by atoms with van der Waals surface area (Å²) in [4.78, 5) is 14.5. The number of nitrogens with two attached hydrogens (primary N) is 1. The van der Waals surface area contributed by atoms with Crippen molar-refractivity contribution in [3.8, 4) is 0 Å². The molecule has 2 atom stereocenters. The van der Waals surface area contributed by atoms with Gasteiger partial charge < -0.3 is 10.6 Å². The number of nitrogens with zero attached hydrogens (tertiary/aromatic N) is 1. The third-order valence-electron chi connectivity index (χ3n) is 4.22. The molecule has 3 nitrogen and oxygen atoms in total. The van der Waals surface area contributed by atoms with Crippen LogP contribution in [0.3, 0.4) is 0 Å². The highest BCUT2D eigenvalue weighted by molar-refractivity contribution is 7.17. The largest absolute Gasteiger partial charge is 0.339 e. The molecular formula is C16H20N2OS. The number of rotatable bonds is 3. The quantitative estimate of drug-likeness (QED) is 0.943. The summed E-state index contributed by atoms with van der Waals surface area (Å²) in [5, 5.41) is 3.33. The second-order valence-electron chi connectivity index (χ2n) is 5.67. The van der Waals surface area contributed by atoms with Gasteiger partial charge in [0.15, 0.2) is 0 Å². The summed E-state index contributed by atoms with van der Waals surface area (Å²) in [6.45, 7) is 3.62. The zero-order valence-electron chi connectivity index (χ0n) is 11.7. The Morgan fingerprint density at radius 3 is 3.00 bits per heavy atom. The summed E-state index contributed by atoms with van der Waals surface area (Å²) < 4.78 is 1.25. The highest BCUT2D eigenvalue weighted by Crippen LogP contribution is 2.28. The molecular weight excluding hydrogens is 268 g/mol. The molecule has 1 aliphatic rings. The summed E-state index contributed by atoms with van der Waals surface area (Å²) in [7, 11) is 0. The Labute approximate surface area is 123 Å². The van der Waals surface area contributed by atoms with E-state index in [1.165, 1.54) is 10.1 Å². The first-order valence-electron chi connectivity index (χ1n) is 7.13. The molecule has 106 valence electrons. The smallest absolute Gasteiger partial charge is 0.227 e. The average molecular weight is 288 g/mol. The van der Waals surface area contributed by atoms with Gasteiger partial charge >= 0.3 is 0 Å². The summed E-state index contributed by atoms with van der Waals surface area (Å²) in [5.41, 5.74) is 6.88. The van der Waals surface area contributed by atoms with Crippen LogP contribution in [0.1, 0.15) is 18.9 Å². The van der Waals surface area contributed by atoms with Crippen LogP contribution in [0.5, 0.6) is 0 Å². The number of benzene rings is 1. The van der Waals surface area contributed by atoms with Crippen molar-refractivity contribution in [3.63, 3.8) is 0 Å². The molecule has 2 unspecified atom stereocenters. The normalized spacial score (nSPS) is 22.6. The van der Waals surface area contributed by atoms with E-state index in [4.69, 9.17) is 5.73 Å². The number of hydrogen-bond acceptors (Lipinski definition) is 3. The maximum Gasteiger partial charge on any atom is 0.227 e. The van der Waals surface area contributed by atoms with Gasteiger partial charge in [-0.3, -0.25) is 4.79 Å². The molecule has 20 heavy (non-hydrogen) atoms. The Bertz CT molecular complexity index is 622. The van der Waals surface area contributed by atoms with E-state index in [1.807, 2.05) is 17.0 Å². The lowest BCUT2D eigenvalue weighted by molar-refractivity contribution is -0.131. The van der Waals surface area contributed by atoms with E-state index >= 15 is 0 Å². The van der Waals surface area contributed by atoms with Gasteiger partial charge in [-0.15, -0.1) is 11.3 Å². The number of amides is 1. The minimum absolute atomic E-state index is 0.233. The minimum atomic E-state index is 0.233. The van der Waals surface area contributed by atoms with E-state index in [-0.39, 0.29) is 5.91 Å².